The van der Waals surface area contributed by atoms with E-state index in [1.807, 2.05) is 67.6 Å². The van der Waals surface area contributed by atoms with E-state index in [2.05, 4.69) is 10.3 Å². The summed E-state index contributed by atoms with van der Waals surface area (Å²) in [5.41, 5.74) is 2.80. The SMILES string of the molecule is Cc1oc(-c2ccccc2)nc1CCOc1ccc(/C=C/C=C2\SC(=O)NC2=O)cc1. The number of nitrogens with one attached hydrogen (secondary N) is 1. The summed E-state index contributed by atoms with van der Waals surface area (Å²) in [4.78, 5) is 27.6. The van der Waals surface area contributed by atoms with Gasteiger partial charge in [-0.1, -0.05) is 42.5 Å². The first-order valence-electron chi connectivity index (χ1n) is 9.74. The van der Waals surface area contributed by atoms with Gasteiger partial charge in [-0.3, -0.25) is 14.9 Å². The van der Waals surface area contributed by atoms with Crippen LogP contribution in [-0.4, -0.2) is 22.7 Å². The average molecular weight is 433 g/mol. The van der Waals surface area contributed by atoms with Gasteiger partial charge >= 0.3 is 0 Å². The number of carbonyl (C=O) groups excluding carboxylic acids is 2. The number of benzene rings is 2. The van der Waals surface area contributed by atoms with E-state index in [4.69, 9.17) is 9.15 Å². The molecule has 0 saturated carbocycles. The maximum Gasteiger partial charge on any atom is 0.290 e. The lowest BCUT2D eigenvalue weighted by Crippen LogP contribution is -2.17. The number of allylic oxidation sites excluding steroid dienone is 2. The molecule has 0 aliphatic carbocycles. The number of amides is 2. The van der Waals surface area contributed by atoms with Crippen LogP contribution in [-0.2, 0) is 11.2 Å². The zero-order valence-electron chi connectivity index (χ0n) is 16.8. The molecule has 6 nitrogen and oxygen atoms in total. The maximum atomic E-state index is 11.5. The monoisotopic (exact) mass is 432 g/mol. The highest BCUT2D eigenvalue weighted by molar-refractivity contribution is 8.18. The molecule has 0 bridgehead atoms. The third-order valence-electron chi connectivity index (χ3n) is 4.58. The first-order chi connectivity index (χ1) is 15.1. The Hall–Kier alpha value is -3.58. The van der Waals surface area contributed by atoms with Crippen molar-refractivity contribution in [3.8, 4) is 17.2 Å². The molecular weight excluding hydrogens is 412 g/mol. The molecule has 156 valence electrons. The van der Waals surface area contributed by atoms with Gasteiger partial charge in [0, 0.05) is 12.0 Å². The molecule has 4 rings (SSSR count). The molecule has 31 heavy (non-hydrogen) atoms. The smallest absolute Gasteiger partial charge is 0.290 e. The van der Waals surface area contributed by atoms with Crippen molar-refractivity contribution in [1.29, 1.82) is 0 Å². The van der Waals surface area contributed by atoms with Crippen molar-refractivity contribution in [2.24, 2.45) is 0 Å². The molecule has 0 unspecified atom stereocenters. The summed E-state index contributed by atoms with van der Waals surface area (Å²) in [6, 6.07) is 17.4. The van der Waals surface area contributed by atoms with Crippen molar-refractivity contribution in [1.82, 2.24) is 10.3 Å². The van der Waals surface area contributed by atoms with Gasteiger partial charge in [-0.2, -0.15) is 0 Å². The Labute approximate surface area is 184 Å². The minimum Gasteiger partial charge on any atom is -0.493 e. The molecule has 1 N–H and O–H groups in total. The molecule has 1 aromatic heterocycles. The first-order valence-corrected chi connectivity index (χ1v) is 10.6. The zero-order chi connectivity index (χ0) is 21.6. The minimum absolute atomic E-state index is 0.344. The van der Waals surface area contributed by atoms with Crippen LogP contribution in [0.2, 0.25) is 0 Å². The lowest BCUT2D eigenvalue weighted by molar-refractivity contribution is -0.115. The van der Waals surface area contributed by atoms with Gasteiger partial charge < -0.3 is 9.15 Å². The zero-order valence-corrected chi connectivity index (χ0v) is 17.6. The second-order valence-electron chi connectivity index (χ2n) is 6.79. The van der Waals surface area contributed by atoms with Crippen LogP contribution in [0, 0.1) is 6.92 Å². The number of thioether (sulfide) groups is 1. The number of carbonyl (C=O) groups is 2. The summed E-state index contributed by atoms with van der Waals surface area (Å²) in [6.45, 7) is 2.40. The van der Waals surface area contributed by atoms with Gasteiger partial charge in [-0.05, 0) is 54.6 Å². The molecular formula is C24H20N2O4S. The first kappa shape index (κ1) is 20.7. The molecule has 0 atom stereocenters. The van der Waals surface area contributed by atoms with Gasteiger partial charge in [0.25, 0.3) is 11.1 Å². The second kappa shape index (κ2) is 9.49. The Morgan fingerprint density at radius 3 is 2.58 bits per heavy atom. The normalized spacial score (nSPS) is 15.1. The average Bonchev–Trinajstić information content (AvgIpc) is 3.31. The number of aryl methyl sites for hydroxylation is 1. The highest BCUT2D eigenvalue weighted by atomic mass is 32.2. The molecule has 1 aliphatic heterocycles. The van der Waals surface area contributed by atoms with Crippen LogP contribution in [0.1, 0.15) is 17.0 Å². The Balaban J connectivity index is 1.30. The number of ether oxygens (including phenoxy) is 1. The van der Waals surface area contributed by atoms with Crippen LogP contribution >= 0.6 is 11.8 Å². The van der Waals surface area contributed by atoms with E-state index < -0.39 is 0 Å². The number of oxazole rings is 1. The largest absolute Gasteiger partial charge is 0.493 e. The van der Waals surface area contributed by atoms with Crippen molar-refractivity contribution in [2.45, 2.75) is 13.3 Å². The summed E-state index contributed by atoms with van der Waals surface area (Å²) < 4.78 is 11.6. The topological polar surface area (TPSA) is 81.4 Å². The molecule has 1 saturated heterocycles. The fourth-order valence-electron chi connectivity index (χ4n) is 2.99. The number of nitrogens with zero attached hydrogens (tertiary/aromatic N) is 1. The lowest BCUT2D eigenvalue weighted by atomic mass is 10.2. The highest BCUT2D eigenvalue weighted by Gasteiger charge is 2.24. The van der Waals surface area contributed by atoms with Gasteiger partial charge in [-0.25, -0.2) is 4.98 Å². The number of aromatic nitrogens is 1. The number of hydrogen-bond acceptors (Lipinski definition) is 6. The highest BCUT2D eigenvalue weighted by Crippen LogP contribution is 2.24. The maximum absolute atomic E-state index is 11.5. The quantitative estimate of drug-likeness (QED) is 0.520. The summed E-state index contributed by atoms with van der Waals surface area (Å²) in [6.07, 6.45) is 5.88. The van der Waals surface area contributed by atoms with Crippen LogP contribution in [0.15, 0.2) is 76.1 Å². The van der Waals surface area contributed by atoms with Crippen molar-refractivity contribution >= 4 is 29.0 Å². The molecule has 0 spiro atoms. The standard InChI is InChI=1S/C24H20N2O4S/c1-16-20(25-23(30-16)18-7-3-2-4-8-18)14-15-29-19-12-10-17(11-13-19)6-5-9-21-22(27)26-24(28)31-21/h2-13H,14-15H2,1H3,(H,26,27,28)/b6-5+,21-9-. The molecule has 7 heteroatoms. The van der Waals surface area contributed by atoms with Crippen LogP contribution in [0.4, 0.5) is 4.79 Å². The second-order valence-corrected chi connectivity index (χ2v) is 7.80. The van der Waals surface area contributed by atoms with E-state index in [1.54, 1.807) is 12.2 Å². The van der Waals surface area contributed by atoms with Crippen LogP contribution in [0.3, 0.4) is 0 Å². The Kier molecular flexibility index (Phi) is 6.33. The fraction of sp³-hybridized carbons (Fsp3) is 0.125. The molecule has 2 aromatic carbocycles. The van der Waals surface area contributed by atoms with Crippen LogP contribution < -0.4 is 10.1 Å². The van der Waals surface area contributed by atoms with Crippen LogP contribution in [0.5, 0.6) is 5.75 Å². The summed E-state index contributed by atoms with van der Waals surface area (Å²) >= 11 is 0.898. The fourth-order valence-corrected chi connectivity index (χ4v) is 3.62. The van der Waals surface area contributed by atoms with Crippen LogP contribution in [0.25, 0.3) is 17.5 Å². The molecule has 3 aromatic rings. The number of imide groups is 1. The van der Waals surface area contributed by atoms with E-state index in [1.165, 1.54) is 0 Å². The van der Waals surface area contributed by atoms with Gasteiger partial charge in [0.1, 0.15) is 11.5 Å². The molecule has 2 amide bonds. The van der Waals surface area contributed by atoms with E-state index in [9.17, 15) is 9.59 Å². The minimum atomic E-state index is -0.360. The van der Waals surface area contributed by atoms with E-state index >= 15 is 0 Å². The Morgan fingerprint density at radius 1 is 1.10 bits per heavy atom. The van der Waals surface area contributed by atoms with Gasteiger partial charge in [0.15, 0.2) is 0 Å². The third-order valence-corrected chi connectivity index (χ3v) is 5.41. The molecule has 1 fully saturated rings. The van der Waals surface area contributed by atoms with E-state index in [0.717, 1.165) is 40.1 Å². The molecule has 0 radical (unpaired) electrons. The van der Waals surface area contributed by atoms with E-state index in [0.29, 0.717) is 23.8 Å². The summed E-state index contributed by atoms with van der Waals surface area (Å²) in [5.74, 6) is 1.82. The van der Waals surface area contributed by atoms with Gasteiger partial charge in [0.05, 0.1) is 17.2 Å². The predicted octanol–water partition coefficient (Wildman–Crippen LogP) is 5.15. The van der Waals surface area contributed by atoms with Crippen molar-refractivity contribution < 1.29 is 18.7 Å². The van der Waals surface area contributed by atoms with E-state index in [-0.39, 0.29) is 11.1 Å². The summed E-state index contributed by atoms with van der Waals surface area (Å²) in [7, 11) is 0. The van der Waals surface area contributed by atoms with Crippen molar-refractivity contribution in [3.63, 3.8) is 0 Å². The third kappa shape index (κ3) is 5.32. The van der Waals surface area contributed by atoms with Crippen molar-refractivity contribution in [3.05, 3.63) is 88.7 Å². The molecule has 1 aliphatic rings. The number of rotatable bonds is 7. The molecule has 2 heterocycles. The Morgan fingerprint density at radius 2 is 1.87 bits per heavy atom. The Bertz CT molecular complexity index is 1150. The summed E-state index contributed by atoms with van der Waals surface area (Å²) in [5, 5.41) is 1.88. The number of hydrogen-bond donors (Lipinski definition) is 1. The lowest BCUT2D eigenvalue weighted by Gasteiger charge is -2.05. The van der Waals surface area contributed by atoms with Crippen molar-refractivity contribution in [2.75, 3.05) is 6.61 Å². The van der Waals surface area contributed by atoms with Gasteiger partial charge in [0.2, 0.25) is 5.89 Å². The van der Waals surface area contributed by atoms with Gasteiger partial charge in [-0.15, -0.1) is 0 Å². The predicted molar refractivity (Wildman–Crippen MR) is 121 cm³/mol.